The quantitative estimate of drug-likeness (QED) is 0.807. The van der Waals surface area contributed by atoms with Gasteiger partial charge in [0.1, 0.15) is 5.75 Å². The smallest absolute Gasteiger partial charge is 0.260 e. The second-order valence-electron chi connectivity index (χ2n) is 5.07. The highest BCUT2D eigenvalue weighted by Crippen LogP contribution is 2.34. The number of nitrogens with two attached hydrogens (primary N) is 1. The molecule has 0 aromatic heterocycles. The molecule has 0 radical (unpaired) electrons. The minimum absolute atomic E-state index is 0.0183. The van der Waals surface area contributed by atoms with E-state index in [1.165, 1.54) is 0 Å². The molecule has 0 unspecified atom stereocenters. The summed E-state index contributed by atoms with van der Waals surface area (Å²) >= 11 is 6.90. The number of carbonyl (C=O) groups is 1. The highest BCUT2D eigenvalue weighted by atomic mass is 79.9. The van der Waals surface area contributed by atoms with Crippen LogP contribution in [-0.2, 0) is 11.3 Å². The molecule has 1 amide bonds. The average molecular weight is 421 g/mol. The molecule has 0 bridgehead atoms. The van der Waals surface area contributed by atoms with Crippen LogP contribution in [-0.4, -0.2) is 55.5 Å². The average Bonchev–Trinajstić information content (AvgIpc) is 2.46. The molecule has 1 heterocycles. The topological polar surface area (TPSA) is 58.8 Å². The minimum atomic E-state index is 0.0183. The molecule has 0 saturated carbocycles. The molecular weight excluding hydrogens is 402 g/mol. The first-order valence-electron chi connectivity index (χ1n) is 6.78. The van der Waals surface area contributed by atoms with Crippen LogP contribution in [0.15, 0.2) is 21.1 Å². The lowest BCUT2D eigenvalue weighted by atomic mass is 10.2. The standard InChI is InChI=1S/C14H19Br2N3O2/c1-18-2-4-19(5-3-18)13(20)9-21-14-11(15)6-10(8-17)7-12(14)16/h6-7H,2-5,8-9,17H2,1H3. The molecule has 21 heavy (non-hydrogen) atoms. The second kappa shape index (κ2) is 7.58. The van der Waals surface area contributed by atoms with Gasteiger partial charge in [-0.15, -0.1) is 0 Å². The van der Waals surface area contributed by atoms with E-state index >= 15 is 0 Å². The van der Waals surface area contributed by atoms with Crippen molar-refractivity contribution in [1.82, 2.24) is 9.80 Å². The summed E-state index contributed by atoms with van der Waals surface area (Å²) in [5.74, 6) is 0.652. The van der Waals surface area contributed by atoms with E-state index < -0.39 is 0 Å². The number of benzene rings is 1. The first-order chi connectivity index (χ1) is 10.0. The minimum Gasteiger partial charge on any atom is -0.481 e. The molecule has 116 valence electrons. The Morgan fingerprint density at radius 3 is 2.33 bits per heavy atom. The van der Waals surface area contributed by atoms with Crippen molar-refractivity contribution in [3.63, 3.8) is 0 Å². The van der Waals surface area contributed by atoms with Crippen molar-refractivity contribution in [1.29, 1.82) is 0 Å². The predicted molar refractivity (Wildman–Crippen MR) is 89.3 cm³/mol. The van der Waals surface area contributed by atoms with Crippen molar-refractivity contribution >= 4 is 37.8 Å². The summed E-state index contributed by atoms with van der Waals surface area (Å²) in [6.07, 6.45) is 0. The number of carbonyl (C=O) groups excluding carboxylic acids is 1. The van der Waals surface area contributed by atoms with Crippen LogP contribution in [0.2, 0.25) is 0 Å². The van der Waals surface area contributed by atoms with Gasteiger partial charge in [0.05, 0.1) is 8.95 Å². The monoisotopic (exact) mass is 419 g/mol. The van der Waals surface area contributed by atoms with Gasteiger partial charge in [0.15, 0.2) is 6.61 Å². The third kappa shape index (κ3) is 4.42. The predicted octanol–water partition coefficient (Wildman–Crippen LogP) is 1.82. The van der Waals surface area contributed by atoms with E-state index in [2.05, 4.69) is 43.8 Å². The maximum Gasteiger partial charge on any atom is 0.260 e. The van der Waals surface area contributed by atoms with Gasteiger partial charge in [-0.3, -0.25) is 4.79 Å². The van der Waals surface area contributed by atoms with E-state index in [1.807, 2.05) is 17.0 Å². The van der Waals surface area contributed by atoms with Crippen molar-refractivity contribution in [2.45, 2.75) is 6.54 Å². The molecule has 0 atom stereocenters. The molecule has 2 N–H and O–H groups in total. The summed E-state index contributed by atoms with van der Waals surface area (Å²) < 4.78 is 7.26. The molecule has 5 nitrogen and oxygen atoms in total. The van der Waals surface area contributed by atoms with Crippen LogP contribution in [0.5, 0.6) is 5.75 Å². The number of hydrogen-bond acceptors (Lipinski definition) is 4. The first kappa shape index (κ1) is 16.7. The SMILES string of the molecule is CN1CCN(C(=O)COc2c(Br)cc(CN)cc2Br)CC1. The number of hydrogen-bond donors (Lipinski definition) is 1. The molecular formula is C14H19Br2N3O2. The molecule has 1 fully saturated rings. The van der Waals surface area contributed by atoms with Crippen LogP contribution < -0.4 is 10.5 Å². The van der Waals surface area contributed by atoms with Crippen LogP contribution in [0.25, 0.3) is 0 Å². The summed E-state index contributed by atoms with van der Waals surface area (Å²) in [5.41, 5.74) is 6.61. The Morgan fingerprint density at radius 1 is 1.24 bits per heavy atom. The largest absolute Gasteiger partial charge is 0.481 e. The van der Waals surface area contributed by atoms with Gasteiger partial charge in [0, 0.05) is 32.7 Å². The summed E-state index contributed by atoms with van der Waals surface area (Å²) in [6, 6.07) is 3.81. The number of likely N-dealkylation sites (N-methyl/N-ethyl adjacent to an activating group) is 1. The van der Waals surface area contributed by atoms with Crippen molar-refractivity contribution in [2.75, 3.05) is 39.8 Å². The lowest BCUT2D eigenvalue weighted by Gasteiger charge is -2.32. The van der Waals surface area contributed by atoms with E-state index in [1.54, 1.807) is 0 Å². The molecule has 1 aliphatic heterocycles. The fourth-order valence-corrected chi connectivity index (χ4v) is 3.66. The number of piperazine rings is 1. The third-order valence-electron chi connectivity index (χ3n) is 3.49. The lowest BCUT2D eigenvalue weighted by molar-refractivity contribution is -0.134. The Kier molecular flexibility index (Phi) is 6.04. The van der Waals surface area contributed by atoms with Gasteiger partial charge in [-0.05, 0) is 56.6 Å². The molecule has 1 aromatic rings. The van der Waals surface area contributed by atoms with Gasteiger partial charge < -0.3 is 20.3 Å². The fourth-order valence-electron chi connectivity index (χ4n) is 2.15. The first-order valence-corrected chi connectivity index (χ1v) is 8.37. The number of ether oxygens (including phenoxy) is 1. The van der Waals surface area contributed by atoms with Crippen molar-refractivity contribution < 1.29 is 9.53 Å². The Bertz CT molecular complexity index is 494. The maximum atomic E-state index is 12.2. The number of nitrogens with zero attached hydrogens (tertiary/aromatic N) is 2. The summed E-state index contributed by atoms with van der Waals surface area (Å²) in [7, 11) is 2.06. The molecule has 7 heteroatoms. The third-order valence-corrected chi connectivity index (χ3v) is 4.67. The number of amides is 1. The zero-order valence-electron chi connectivity index (χ0n) is 11.9. The maximum absolute atomic E-state index is 12.2. The molecule has 0 aliphatic carbocycles. The summed E-state index contributed by atoms with van der Waals surface area (Å²) in [4.78, 5) is 16.2. The van der Waals surface area contributed by atoms with Crippen LogP contribution in [0.1, 0.15) is 5.56 Å². The van der Waals surface area contributed by atoms with E-state index in [4.69, 9.17) is 10.5 Å². The summed E-state index contributed by atoms with van der Waals surface area (Å²) in [6.45, 7) is 3.83. The van der Waals surface area contributed by atoms with E-state index in [9.17, 15) is 4.79 Å². The van der Waals surface area contributed by atoms with Crippen molar-refractivity contribution in [2.24, 2.45) is 5.73 Å². The highest BCUT2D eigenvalue weighted by Gasteiger charge is 2.20. The fraction of sp³-hybridized carbons (Fsp3) is 0.500. The molecule has 1 saturated heterocycles. The van der Waals surface area contributed by atoms with Gasteiger partial charge in [-0.1, -0.05) is 0 Å². The van der Waals surface area contributed by atoms with Gasteiger partial charge in [0.25, 0.3) is 5.91 Å². The Balaban J connectivity index is 1.95. The molecule has 1 aliphatic rings. The van der Waals surface area contributed by atoms with E-state index in [-0.39, 0.29) is 12.5 Å². The lowest BCUT2D eigenvalue weighted by Crippen LogP contribution is -2.48. The van der Waals surface area contributed by atoms with Crippen LogP contribution >= 0.6 is 31.9 Å². The Morgan fingerprint density at radius 2 is 1.81 bits per heavy atom. The molecule has 2 rings (SSSR count). The molecule has 0 spiro atoms. The zero-order valence-corrected chi connectivity index (χ0v) is 15.1. The highest BCUT2D eigenvalue weighted by molar-refractivity contribution is 9.11. The summed E-state index contributed by atoms with van der Waals surface area (Å²) in [5, 5.41) is 0. The van der Waals surface area contributed by atoms with Gasteiger partial charge in [-0.2, -0.15) is 0 Å². The van der Waals surface area contributed by atoms with Gasteiger partial charge in [-0.25, -0.2) is 0 Å². The Labute approximate surface area is 141 Å². The number of halogens is 2. The molecule has 1 aromatic carbocycles. The van der Waals surface area contributed by atoms with Gasteiger partial charge >= 0.3 is 0 Å². The van der Waals surface area contributed by atoms with Crippen LogP contribution in [0.3, 0.4) is 0 Å². The van der Waals surface area contributed by atoms with E-state index in [0.717, 1.165) is 40.7 Å². The number of rotatable bonds is 4. The normalized spacial score (nSPS) is 16.1. The van der Waals surface area contributed by atoms with E-state index in [0.29, 0.717) is 12.3 Å². The van der Waals surface area contributed by atoms with Crippen molar-refractivity contribution in [3.05, 3.63) is 26.6 Å². The van der Waals surface area contributed by atoms with Crippen molar-refractivity contribution in [3.8, 4) is 5.75 Å². The van der Waals surface area contributed by atoms with Crippen LogP contribution in [0, 0.1) is 0 Å². The second-order valence-corrected chi connectivity index (χ2v) is 6.77. The van der Waals surface area contributed by atoms with Crippen LogP contribution in [0.4, 0.5) is 0 Å². The Hall–Kier alpha value is -0.630. The van der Waals surface area contributed by atoms with Gasteiger partial charge in [0.2, 0.25) is 0 Å². The zero-order chi connectivity index (χ0) is 15.4.